The number of hydrogen-bond donors (Lipinski definition) is 1. The molecule has 1 aromatic carbocycles. The Kier molecular flexibility index (Phi) is 3.69. The Hall–Kier alpha value is -2.61. The molecule has 2 heterocycles. The average Bonchev–Trinajstić information content (AvgIpc) is 2.46. The Balaban J connectivity index is 2.08. The predicted molar refractivity (Wildman–Crippen MR) is 85.1 cm³/mol. The lowest BCUT2D eigenvalue weighted by Crippen LogP contribution is -2.44. The number of carbonyl (C=O) groups excluding carboxylic acids is 1. The standard InChI is InChI=1S/C15H15N3O4S/c1-10(2)22-11-6-7-13-12(9-11)17-15(19)18(23(13,20)21)14-5-3-4-8-16-14/h3-10H,1-2H3,(H,17,19). The Bertz CT molecular complexity index is 850. The van der Waals surface area contributed by atoms with Crippen molar-refractivity contribution in [2.45, 2.75) is 24.8 Å². The summed E-state index contributed by atoms with van der Waals surface area (Å²) in [5, 5.41) is 2.57. The number of rotatable bonds is 3. The average molecular weight is 333 g/mol. The highest BCUT2D eigenvalue weighted by atomic mass is 32.2. The van der Waals surface area contributed by atoms with Crippen LogP contribution in [0.25, 0.3) is 0 Å². The molecular weight excluding hydrogens is 318 g/mol. The van der Waals surface area contributed by atoms with Crippen LogP contribution in [0, 0.1) is 0 Å². The van der Waals surface area contributed by atoms with E-state index in [1.165, 1.54) is 24.4 Å². The number of fused-ring (bicyclic) bond motifs is 1. The van der Waals surface area contributed by atoms with Gasteiger partial charge in [0.25, 0.3) is 10.0 Å². The molecule has 2 aromatic rings. The van der Waals surface area contributed by atoms with Crippen molar-refractivity contribution in [2.24, 2.45) is 0 Å². The maximum Gasteiger partial charge on any atom is 0.341 e. The molecule has 3 rings (SSSR count). The van der Waals surface area contributed by atoms with Gasteiger partial charge in [0.05, 0.1) is 11.8 Å². The monoisotopic (exact) mass is 333 g/mol. The smallest absolute Gasteiger partial charge is 0.341 e. The second kappa shape index (κ2) is 5.54. The van der Waals surface area contributed by atoms with Crippen LogP contribution in [0.2, 0.25) is 0 Å². The van der Waals surface area contributed by atoms with E-state index in [1.807, 2.05) is 13.8 Å². The van der Waals surface area contributed by atoms with Crippen molar-refractivity contribution in [1.29, 1.82) is 0 Å². The lowest BCUT2D eigenvalue weighted by Gasteiger charge is -2.28. The van der Waals surface area contributed by atoms with Gasteiger partial charge in [-0.3, -0.25) is 0 Å². The summed E-state index contributed by atoms with van der Waals surface area (Å²) in [5.41, 5.74) is 0.195. The largest absolute Gasteiger partial charge is 0.491 e. The zero-order chi connectivity index (χ0) is 16.6. The first-order valence-corrected chi connectivity index (χ1v) is 8.41. The molecular formula is C15H15N3O4S. The van der Waals surface area contributed by atoms with Gasteiger partial charge in [-0.1, -0.05) is 6.07 Å². The number of benzene rings is 1. The van der Waals surface area contributed by atoms with Crippen LogP contribution >= 0.6 is 0 Å². The van der Waals surface area contributed by atoms with Gasteiger partial charge in [0.15, 0.2) is 5.82 Å². The number of urea groups is 1. The minimum absolute atomic E-state index is 0.00106. The fourth-order valence-corrected chi connectivity index (χ4v) is 3.69. The van der Waals surface area contributed by atoms with Crippen molar-refractivity contribution in [3.05, 3.63) is 42.6 Å². The Labute approximate surface area is 134 Å². The molecule has 2 amide bonds. The SMILES string of the molecule is CC(C)Oc1ccc2c(c1)NC(=O)N(c1ccccn1)S2(=O)=O. The van der Waals surface area contributed by atoms with Crippen LogP contribution in [0.15, 0.2) is 47.5 Å². The van der Waals surface area contributed by atoms with E-state index in [9.17, 15) is 13.2 Å². The van der Waals surface area contributed by atoms with Crippen LogP contribution in [-0.2, 0) is 10.0 Å². The quantitative estimate of drug-likeness (QED) is 0.932. The number of amides is 2. The van der Waals surface area contributed by atoms with Gasteiger partial charge in [-0.15, -0.1) is 0 Å². The zero-order valence-corrected chi connectivity index (χ0v) is 13.4. The number of pyridine rings is 1. The highest BCUT2D eigenvalue weighted by Crippen LogP contribution is 2.35. The zero-order valence-electron chi connectivity index (χ0n) is 12.6. The fraction of sp³-hybridized carbons (Fsp3) is 0.200. The molecule has 0 bridgehead atoms. The summed E-state index contributed by atoms with van der Waals surface area (Å²) in [6, 6.07) is 8.40. The van der Waals surface area contributed by atoms with Gasteiger partial charge < -0.3 is 10.1 Å². The molecule has 1 N–H and O–H groups in total. The number of nitrogens with zero attached hydrogens (tertiary/aromatic N) is 2. The summed E-state index contributed by atoms with van der Waals surface area (Å²) >= 11 is 0. The summed E-state index contributed by atoms with van der Waals surface area (Å²) in [6.07, 6.45) is 1.36. The highest BCUT2D eigenvalue weighted by Gasteiger charge is 2.38. The highest BCUT2D eigenvalue weighted by molar-refractivity contribution is 7.94. The van der Waals surface area contributed by atoms with E-state index in [-0.39, 0.29) is 22.5 Å². The van der Waals surface area contributed by atoms with Crippen molar-refractivity contribution < 1.29 is 17.9 Å². The number of anilines is 2. The predicted octanol–water partition coefficient (Wildman–Crippen LogP) is 2.61. The topological polar surface area (TPSA) is 88.6 Å². The molecule has 0 radical (unpaired) electrons. The van der Waals surface area contributed by atoms with Crippen LogP contribution < -0.4 is 14.4 Å². The lowest BCUT2D eigenvalue weighted by atomic mass is 10.3. The number of nitrogens with one attached hydrogen (secondary N) is 1. The number of hydrogen-bond acceptors (Lipinski definition) is 5. The van der Waals surface area contributed by atoms with Crippen LogP contribution in [0.3, 0.4) is 0 Å². The van der Waals surface area contributed by atoms with Gasteiger partial charge >= 0.3 is 6.03 Å². The number of ether oxygens (including phenoxy) is 1. The van der Waals surface area contributed by atoms with Gasteiger partial charge in [-0.05, 0) is 38.1 Å². The van der Waals surface area contributed by atoms with Crippen molar-refractivity contribution in [2.75, 3.05) is 9.62 Å². The van der Waals surface area contributed by atoms with Crippen molar-refractivity contribution in [3.63, 3.8) is 0 Å². The van der Waals surface area contributed by atoms with Crippen LogP contribution in [-0.4, -0.2) is 25.5 Å². The van der Waals surface area contributed by atoms with Crippen molar-refractivity contribution >= 4 is 27.6 Å². The molecule has 0 unspecified atom stereocenters. The Morgan fingerprint density at radius 1 is 1.22 bits per heavy atom. The van der Waals surface area contributed by atoms with Crippen molar-refractivity contribution in [1.82, 2.24) is 4.98 Å². The summed E-state index contributed by atoms with van der Waals surface area (Å²) in [5.74, 6) is 0.527. The van der Waals surface area contributed by atoms with Crippen LogP contribution in [0.1, 0.15) is 13.8 Å². The third-order valence-corrected chi connectivity index (χ3v) is 4.87. The molecule has 8 heteroatoms. The molecule has 0 spiro atoms. The molecule has 120 valence electrons. The van der Waals surface area contributed by atoms with E-state index in [0.29, 0.717) is 10.1 Å². The molecule has 0 atom stereocenters. The fourth-order valence-electron chi connectivity index (χ4n) is 2.25. The van der Waals surface area contributed by atoms with E-state index in [2.05, 4.69) is 10.3 Å². The normalized spacial score (nSPS) is 16.0. The van der Waals surface area contributed by atoms with Crippen LogP contribution in [0.4, 0.5) is 16.3 Å². The van der Waals surface area contributed by atoms with Gasteiger partial charge in [0, 0.05) is 12.3 Å². The van der Waals surface area contributed by atoms with E-state index in [4.69, 9.17) is 4.74 Å². The first-order chi connectivity index (χ1) is 10.9. The number of carbonyl (C=O) groups is 1. The third-order valence-electron chi connectivity index (χ3n) is 3.12. The Morgan fingerprint density at radius 2 is 2.00 bits per heavy atom. The molecule has 1 aromatic heterocycles. The molecule has 0 saturated carbocycles. The summed E-state index contributed by atoms with van der Waals surface area (Å²) in [7, 11) is -4.03. The van der Waals surface area contributed by atoms with E-state index in [0.717, 1.165) is 0 Å². The first-order valence-electron chi connectivity index (χ1n) is 6.97. The van der Waals surface area contributed by atoms with E-state index in [1.54, 1.807) is 18.2 Å². The maximum atomic E-state index is 12.7. The number of sulfonamides is 1. The van der Waals surface area contributed by atoms with Gasteiger partial charge in [-0.25, -0.2) is 18.2 Å². The first kappa shape index (κ1) is 15.3. The molecule has 0 aliphatic carbocycles. The molecule has 1 aliphatic heterocycles. The van der Waals surface area contributed by atoms with Crippen molar-refractivity contribution in [3.8, 4) is 5.75 Å². The third kappa shape index (κ3) is 2.72. The van der Waals surface area contributed by atoms with Gasteiger partial charge in [0.2, 0.25) is 0 Å². The summed E-state index contributed by atoms with van der Waals surface area (Å²) < 4.78 is 31.6. The minimum atomic E-state index is -4.03. The molecule has 0 fully saturated rings. The molecule has 0 saturated heterocycles. The second-order valence-corrected chi connectivity index (χ2v) is 6.97. The van der Waals surface area contributed by atoms with Gasteiger partial charge in [-0.2, -0.15) is 4.31 Å². The van der Waals surface area contributed by atoms with Gasteiger partial charge in [0.1, 0.15) is 10.6 Å². The van der Waals surface area contributed by atoms with E-state index >= 15 is 0 Å². The molecule has 7 nitrogen and oxygen atoms in total. The van der Waals surface area contributed by atoms with Crippen LogP contribution in [0.5, 0.6) is 5.75 Å². The lowest BCUT2D eigenvalue weighted by molar-refractivity contribution is 0.242. The second-order valence-electron chi connectivity index (χ2n) is 5.21. The molecule has 23 heavy (non-hydrogen) atoms. The maximum absolute atomic E-state index is 12.7. The minimum Gasteiger partial charge on any atom is -0.491 e. The summed E-state index contributed by atoms with van der Waals surface area (Å²) in [4.78, 5) is 16.2. The summed E-state index contributed by atoms with van der Waals surface area (Å²) in [6.45, 7) is 3.72. The Morgan fingerprint density at radius 3 is 2.65 bits per heavy atom. The molecule has 1 aliphatic rings. The number of aromatic nitrogens is 1. The van der Waals surface area contributed by atoms with E-state index < -0.39 is 16.1 Å².